The zero-order chi connectivity index (χ0) is 15.7. The van der Waals surface area contributed by atoms with Crippen molar-refractivity contribution in [3.63, 3.8) is 0 Å². The Morgan fingerprint density at radius 3 is 2.41 bits per heavy atom. The third-order valence-electron chi connectivity index (χ3n) is 3.37. The van der Waals surface area contributed by atoms with E-state index >= 15 is 0 Å². The molecule has 0 N–H and O–H groups in total. The summed E-state index contributed by atoms with van der Waals surface area (Å²) < 4.78 is 1.67. The number of benzene rings is 2. The first-order valence-electron chi connectivity index (χ1n) is 6.64. The predicted octanol–water partition coefficient (Wildman–Crippen LogP) is 4.62. The highest BCUT2D eigenvalue weighted by Crippen LogP contribution is 2.27. The smallest absolute Gasteiger partial charge is 0.196 e. The maximum atomic E-state index is 12.7. The fraction of sp³-hybridized carbons (Fsp3) is 0.0588. The molecule has 3 rings (SSSR count). The number of nitrogens with zero attached hydrogens (tertiary/aromatic N) is 2. The Hall–Kier alpha value is -2.10. The van der Waals surface area contributed by atoms with E-state index in [-0.39, 0.29) is 5.78 Å². The Labute approximate surface area is 138 Å². The molecule has 2 aromatic carbocycles. The Kier molecular flexibility index (Phi) is 4.01. The molecule has 1 heterocycles. The van der Waals surface area contributed by atoms with Gasteiger partial charge in [-0.25, -0.2) is 0 Å². The van der Waals surface area contributed by atoms with Gasteiger partial charge >= 0.3 is 0 Å². The molecule has 0 saturated carbocycles. The fourth-order valence-electron chi connectivity index (χ4n) is 2.37. The molecule has 0 aliphatic rings. The molecule has 5 heteroatoms. The van der Waals surface area contributed by atoms with E-state index < -0.39 is 0 Å². The summed E-state index contributed by atoms with van der Waals surface area (Å²) in [6, 6.07) is 14.2. The van der Waals surface area contributed by atoms with Crippen LogP contribution in [0.3, 0.4) is 0 Å². The van der Waals surface area contributed by atoms with Crippen molar-refractivity contribution in [1.29, 1.82) is 0 Å². The lowest BCUT2D eigenvalue weighted by molar-refractivity contribution is 0.103. The number of rotatable bonds is 3. The van der Waals surface area contributed by atoms with Gasteiger partial charge in [0.05, 0.1) is 17.5 Å². The Morgan fingerprint density at radius 1 is 1.05 bits per heavy atom. The minimum Gasteiger partial charge on any atom is -0.288 e. The molecule has 0 bridgehead atoms. The average molecular weight is 331 g/mol. The van der Waals surface area contributed by atoms with E-state index in [4.69, 9.17) is 23.2 Å². The van der Waals surface area contributed by atoms with Crippen molar-refractivity contribution in [1.82, 2.24) is 9.78 Å². The van der Waals surface area contributed by atoms with Gasteiger partial charge in [-0.1, -0.05) is 47.5 Å². The Bertz CT molecular complexity index is 855. The highest BCUT2D eigenvalue weighted by atomic mass is 35.5. The molecule has 22 heavy (non-hydrogen) atoms. The molecule has 0 spiro atoms. The Balaban J connectivity index is 2.11. The number of hydrogen-bond acceptors (Lipinski definition) is 2. The van der Waals surface area contributed by atoms with E-state index in [9.17, 15) is 4.79 Å². The van der Waals surface area contributed by atoms with Crippen LogP contribution in [0.1, 0.15) is 15.9 Å². The molecular formula is C17H12Cl2N2O. The van der Waals surface area contributed by atoms with Gasteiger partial charge in [0.15, 0.2) is 5.78 Å². The zero-order valence-corrected chi connectivity index (χ0v) is 13.3. The van der Waals surface area contributed by atoms with Gasteiger partial charge in [-0.3, -0.25) is 9.48 Å². The lowest BCUT2D eigenvalue weighted by Gasteiger charge is -2.07. The first-order valence-corrected chi connectivity index (χ1v) is 7.40. The van der Waals surface area contributed by atoms with Crippen LogP contribution >= 0.6 is 23.2 Å². The van der Waals surface area contributed by atoms with Gasteiger partial charge in [0.2, 0.25) is 0 Å². The van der Waals surface area contributed by atoms with Crippen molar-refractivity contribution in [3.8, 4) is 11.3 Å². The number of hydrogen-bond donors (Lipinski definition) is 0. The third kappa shape index (κ3) is 2.78. The molecule has 0 amide bonds. The molecule has 0 unspecified atom stereocenters. The number of aryl methyl sites for hydroxylation is 1. The SMILES string of the molecule is Cn1ncc(C(=O)c2cccc(Cl)c2)c1-c1cccc(Cl)c1. The molecular weight excluding hydrogens is 319 g/mol. The summed E-state index contributed by atoms with van der Waals surface area (Å²) in [7, 11) is 1.80. The zero-order valence-electron chi connectivity index (χ0n) is 11.8. The molecule has 0 radical (unpaired) electrons. The minimum atomic E-state index is -0.120. The van der Waals surface area contributed by atoms with Crippen molar-refractivity contribution < 1.29 is 4.79 Å². The molecule has 0 aliphatic carbocycles. The van der Waals surface area contributed by atoms with Gasteiger partial charge in [0.1, 0.15) is 0 Å². The number of halogens is 2. The van der Waals surface area contributed by atoms with Crippen molar-refractivity contribution in [2.24, 2.45) is 7.05 Å². The highest BCUT2D eigenvalue weighted by molar-refractivity contribution is 6.31. The van der Waals surface area contributed by atoms with Gasteiger partial charge in [0, 0.05) is 28.2 Å². The summed E-state index contributed by atoms with van der Waals surface area (Å²) in [6.07, 6.45) is 1.57. The van der Waals surface area contributed by atoms with Crippen LogP contribution in [0.25, 0.3) is 11.3 Å². The standard InChI is InChI=1S/C17H12Cl2N2O/c1-21-16(11-4-2-6-13(18)8-11)15(10-20-21)17(22)12-5-3-7-14(19)9-12/h2-10H,1H3. The maximum absolute atomic E-state index is 12.7. The van der Waals surface area contributed by atoms with E-state index in [1.807, 2.05) is 18.2 Å². The molecule has 1 aromatic heterocycles. The molecule has 110 valence electrons. The number of carbonyl (C=O) groups is 1. The molecule has 3 aromatic rings. The van der Waals surface area contributed by atoms with Crippen molar-refractivity contribution in [2.75, 3.05) is 0 Å². The normalized spacial score (nSPS) is 10.7. The van der Waals surface area contributed by atoms with Crippen molar-refractivity contribution in [3.05, 3.63) is 75.9 Å². The predicted molar refractivity (Wildman–Crippen MR) is 88.5 cm³/mol. The van der Waals surface area contributed by atoms with Crippen LogP contribution in [0.2, 0.25) is 10.0 Å². The average Bonchev–Trinajstić information content (AvgIpc) is 2.88. The van der Waals surface area contributed by atoms with E-state index in [0.29, 0.717) is 21.2 Å². The summed E-state index contributed by atoms with van der Waals surface area (Å²) in [5.41, 5.74) is 2.63. The number of ketones is 1. The molecule has 0 saturated heterocycles. The summed E-state index contributed by atoms with van der Waals surface area (Å²) in [5, 5.41) is 5.35. The van der Waals surface area contributed by atoms with E-state index in [1.54, 1.807) is 48.3 Å². The van der Waals surface area contributed by atoms with E-state index in [0.717, 1.165) is 11.3 Å². The summed E-state index contributed by atoms with van der Waals surface area (Å²) >= 11 is 12.0. The monoisotopic (exact) mass is 330 g/mol. The van der Waals surface area contributed by atoms with Crippen LogP contribution in [-0.2, 0) is 7.05 Å². The molecule has 0 aliphatic heterocycles. The second kappa shape index (κ2) is 5.95. The topological polar surface area (TPSA) is 34.9 Å². The third-order valence-corrected chi connectivity index (χ3v) is 3.84. The second-order valence-electron chi connectivity index (χ2n) is 4.88. The van der Waals surface area contributed by atoms with E-state index in [1.165, 1.54) is 0 Å². The van der Waals surface area contributed by atoms with Crippen LogP contribution in [0.15, 0.2) is 54.7 Å². The van der Waals surface area contributed by atoms with Crippen LogP contribution in [0.5, 0.6) is 0 Å². The van der Waals surface area contributed by atoms with Crippen LogP contribution < -0.4 is 0 Å². The van der Waals surface area contributed by atoms with Gasteiger partial charge in [0.25, 0.3) is 0 Å². The molecule has 0 atom stereocenters. The largest absolute Gasteiger partial charge is 0.288 e. The van der Waals surface area contributed by atoms with Crippen molar-refractivity contribution in [2.45, 2.75) is 0 Å². The summed E-state index contributed by atoms with van der Waals surface area (Å²) in [6.45, 7) is 0. The number of aromatic nitrogens is 2. The summed E-state index contributed by atoms with van der Waals surface area (Å²) in [4.78, 5) is 12.7. The van der Waals surface area contributed by atoms with Crippen LogP contribution in [0.4, 0.5) is 0 Å². The van der Waals surface area contributed by atoms with E-state index in [2.05, 4.69) is 5.10 Å². The minimum absolute atomic E-state index is 0.120. The van der Waals surface area contributed by atoms with Crippen LogP contribution in [0, 0.1) is 0 Å². The lowest BCUT2D eigenvalue weighted by atomic mass is 10.0. The quantitative estimate of drug-likeness (QED) is 0.656. The maximum Gasteiger partial charge on any atom is 0.196 e. The first kappa shape index (κ1) is 14.8. The number of carbonyl (C=O) groups excluding carboxylic acids is 1. The Morgan fingerprint density at radius 2 is 1.73 bits per heavy atom. The fourth-order valence-corrected chi connectivity index (χ4v) is 2.75. The molecule has 0 fully saturated rings. The van der Waals surface area contributed by atoms with Gasteiger partial charge in [-0.05, 0) is 24.3 Å². The lowest BCUT2D eigenvalue weighted by Crippen LogP contribution is -2.03. The van der Waals surface area contributed by atoms with Gasteiger partial charge in [-0.15, -0.1) is 0 Å². The summed E-state index contributed by atoms with van der Waals surface area (Å²) in [5.74, 6) is -0.120. The highest BCUT2D eigenvalue weighted by Gasteiger charge is 2.19. The van der Waals surface area contributed by atoms with Gasteiger partial charge < -0.3 is 0 Å². The van der Waals surface area contributed by atoms with Gasteiger partial charge in [-0.2, -0.15) is 5.10 Å². The first-order chi connectivity index (χ1) is 10.6. The van der Waals surface area contributed by atoms with Crippen LogP contribution in [-0.4, -0.2) is 15.6 Å². The second-order valence-corrected chi connectivity index (χ2v) is 5.75. The van der Waals surface area contributed by atoms with Crippen molar-refractivity contribution >= 4 is 29.0 Å². The molecule has 3 nitrogen and oxygen atoms in total.